The number of nitrogens with zero attached hydrogens (tertiary/aromatic N) is 2. The summed E-state index contributed by atoms with van der Waals surface area (Å²) in [5.74, 6) is -0.536. The molecule has 0 fully saturated rings. The molecule has 0 radical (unpaired) electrons. The van der Waals surface area contributed by atoms with Crippen LogP contribution in [0.1, 0.15) is 35.9 Å². The Morgan fingerprint density at radius 1 is 1.63 bits per heavy atom. The summed E-state index contributed by atoms with van der Waals surface area (Å²) in [5, 5.41) is 8.85. The predicted octanol–water partition coefficient (Wildman–Crippen LogP) is 1.46. The van der Waals surface area contributed by atoms with Crippen LogP contribution in [0.15, 0.2) is 6.07 Å². The number of pyridine rings is 1. The van der Waals surface area contributed by atoms with Gasteiger partial charge in [0.2, 0.25) is 0 Å². The van der Waals surface area contributed by atoms with Crippen LogP contribution in [0.25, 0.3) is 0 Å². The molecule has 19 heavy (non-hydrogen) atoms. The van der Waals surface area contributed by atoms with E-state index < -0.39 is 23.7 Å². The van der Waals surface area contributed by atoms with Crippen molar-refractivity contribution in [1.82, 2.24) is 4.98 Å². The molecule has 1 aromatic rings. The van der Waals surface area contributed by atoms with Crippen molar-refractivity contribution in [3.05, 3.63) is 28.6 Å². The van der Waals surface area contributed by atoms with Gasteiger partial charge >= 0.3 is 5.97 Å². The molecule has 0 aliphatic carbocycles. The Kier molecular flexibility index (Phi) is 5.33. The number of carbonyl (C=O) groups is 1. The van der Waals surface area contributed by atoms with Crippen LogP contribution in [0.5, 0.6) is 0 Å². The molecule has 2 N–H and O–H groups in total. The third-order valence-electron chi connectivity index (χ3n) is 2.37. The first-order valence-corrected chi connectivity index (χ1v) is 5.60. The second-order valence-electron chi connectivity index (χ2n) is 3.63. The van der Waals surface area contributed by atoms with Crippen LogP contribution in [0, 0.1) is 11.3 Å². The third-order valence-corrected chi connectivity index (χ3v) is 2.37. The fourth-order valence-corrected chi connectivity index (χ4v) is 1.62. The lowest BCUT2D eigenvalue weighted by atomic mass is 10.0. The maximum Gasteiger partial charge on any atom is 0.311 e. The topological polar surface area (TPSA) is 89.0 Å². The van der Waals surface area contributed by atoms with Crippen molar-refractivity contribution in [1.29, 1.82) is 5.26 Å². The number of rotatable bonds is 5. The van der Waals surface area contributed by atoms with Crippen molar-refractivity contribution < 1.29 is 18.3 Å². The molecule has 0 unspecified atom stereocenters. The quantitative estimate of drug-likeness (QED) is 0.817. The SMILES string of the molecule is CCOC(=O)Cc1cc(CN)c(C(F)F)c(C#N)n1. The van der Waals surface area contributed by atoms with Gasteiger partial charge < -0.3 is 10.5 Å². The first kappa shape index (κ1) is 15.0. The average Bonchev–Trinajstić information content (AvgIpc) is 2.37. The lowest BCUT2D eigenvalue weighted by Gasteiger charge is -2.11. The minimum Gasteiger partial charge on any atom is -0.466 e. The van der Waals surface area contributed by atoms with E-state index in [2.05, 4.69) is 4.98 Å². The number of ether oxygens (including phenoxy) is 1. The lowest BCUT2D eigenvalue weighted by Crippen LogP contribution is -2.13. The predicted molar refractivity (Wildman–Crippen MR) is 62.1 cm³/mol. The van der Waals surface area contributed by atoms with E-state index in [9.17, 15) is 13.6 Å². The van der Waals surface area contributed by atoms with Gasteiger partial charge in [-0.25, -0.2) is 13.8 Å². The highest BCUT2D eigenvalue weighted by Crippen LogP contribution is 2.26. The van der Waals surface area contributed by atoms with Gasteiger partial charge in [-0.15, -0.1) is 0 Å². The zero-order valence-electron chi connectivity index (χ0n) is 10.3. The van der Waals surface area contributed by atoms with Gasteiger partial charge in [0.15, 0.2) is 0 Å². The van der Waals surface area contributed by atoms with E-state index in [1.165, 1.54) is 6.07 Å². The zero-order valence-corrected chi connectivity index (χ0v) is 10.3. The highest BCUT2D eigenvalue weighted by Gasteiger charge is 2.20. The Balaban J connectivity index is 3.17. The Bertz CT molecular complexity index is 512. The number of hydrogen-bond acceptors (Lipinski definition) is 5. The first-order valence-electron chi connectivity index (χ1n) is 5.60. The van der Waals surface area contributed by atoms with E-state index in [-0.39, 0.29) is 30.8 Å². The molecule has 1 rings (SSSR count). The summed E-state index contributed by atoms with van der Waals surface area (Å²) in [7, 11) is 0. The number of nitriles is 1. The van der Waals surface area contributed by atoms with Crippen molar-refractivity contribution in [2.75, 3.05) is 6.61 Å². The van der Waals surface area contributed by atoms with Crippen molar-refractivity contribution in [3.63, 3.8) is 0 Å². The van der Waals surface area contributed by atoms with E-state index in [1.54, 1.807) is 13.0 Å². The molecular weight excluding hydrogens is 256 g/mol. The van der Waals surface area contributed by atoms with E-state index in [1.807, 2.05) is 0 Å². The standard InChI is InChI=1S/C12H13F2N3O2/c1-2-19-10(18)4-8-3-7(5-15)11(12(13)14)9(6-16)17-8/h3,12H,2,4-5,15H2,1H3. The summed E-state index contributed by atoms with van der Waals surface area (Å²) >= 11 is 0. The maximum absolute atomic E-state index is 12.8. The van der Waals surface area contributed by atoms with Crippen LogP contribution in [0.2, 0.25) is 0 Å². The van der Waals surface area contributed by atoms with Crippen molar-refractivity contribution in [2.24, 2.45) is 5.73 Å². The first-order chi connectivity index (χ1) is 9.03. The van der Waals surface area contributed by atoms with E-state index >= 15 is 0 Å². The number of esters is 1. The van der Waals surface area contributed by atoms with Crippen molar-refractivity contribution in [3.8, 4) is 6.07 Å². The number of carbonyl (C=O) groups excluding carboxylic acids is 1. The zero-order chi connectivity index (χ0) is 14.4. The highest BCUT2D eigenvalue weighted by molar-refractivity contribution is 5.72. The van der Waals surface area contributed by atoms with Crippen LogP contribution < -0.4 is 5.73 Å². The molecule has 0 amide bonds. The molecule has 0 atom stereocenters. The Morgan fingerprint density at radius 2 is 2.32 bits per heavy atom. The molecule has 102 valence electrons. The van der Waals surface area contributed by atoms with Gasteiger partial charge in [-0.2, -0.15) is 5.26 Å². The molecule has 0 saturated heterocycles. The molecule has 0 spiro atoms. The Hall–Kier alpha value is -2.07. The normalized spacial score (nSPS) is 10.3. The number of alkyl halides is 2. The maximum atomic E-state index is 12.8. The fraction of sp³-hybridized carbons (Fsp3) is 0.417. The molecule has 0 aliphatic rings. The number of nitrogens with two attached hydrogens (primary N) is 1. The van der Waals surface area contributed by atoms with Gasteiger partial charge in [-0.05, 0) is 18.6 Å². The van der Waals surface area contributed by atoms with Gasteiger partial charge in [0.1, 0.15) is 11.8 Å². The number of halogens is 2. The summed E-state index contributed by atoms with van der Waals surface area (Å²) < 4.78 is 30.4. The van der Waals surface area contributed by atoms with Crippen molar-refractivity contribution >= 4 is 5.97 Å². The van der Waals surface area contributed by atoms with Crippen LogP contribution in [-0.2, 0) is 22.5 Å². The second-order valence-corrected chi connectivity index (χ2v) is 3.63. The second kappa shape index (κ2) is 6.75. The molecular formula is C12H13F2N3O2. The number of hydrogen-bond donors (Lipinski definition) is 1. The van der Waals surface area contributed by atoms with Crippen LogP contribution in [-0.4, -0.2) is 17.6 Å². The molecule has 7 heteroatoms. The molecule has 0 aliphatic heterocycles. The largest absolute Gasteiger partial charge is 0.466 e. The van der Waals surface area contributed by atoms with Gasteiger partial charge in [-0.1, -0.05) is 0 Å². The van der Waals surface area contributed by atoms with E-state index in [4.69, 9.17) is 15.7 Å². The minimum absolute atomic E-state index is 0.112. The van der Waals surface area contributed by atoms with Gasteiger partial charge in [0, 0.05) is 6.54 Å². The lowest BCUT2D eigenvalue weighted by molar-refractivity contribution is -0.142. The molecule has 1 aromatic heterocycles. The van der Waals surface area contributed by atoms with Gasteiger partial charge in [-0.3, -0.25) is 4.79 Å². The van der Waals surface area contributed by atoms with Crippen LogP contribution >= 0.6 is 0 Å². The van der Waals surface area contributed by atoms with Crippen LogP contribution in [0.4, 0.5) is 8.78 Å². The summed E-state index contributed by atoms with van der Waals surface area (Å²) in [4.78, 5) is 15.1. The van der Waals surface area contributed by atoms with Crippen LogP contribution in [0.3, 0.4) is 0 Å². The summed E-state index contributed by atoms with van der Waals surface area (Å²) in [5.41, 5.74) is 4.81. The Morgan fingerprint density at radius 3 is 2.79 bits per heavy atom. The third kappa shape index (κ3) is 3.69. The van der Waals surface area contributed by atoms with Crippen molar-refractivity contribution in [2.45, 2.75) is 26.3 Å². The fourth-order valence-electron chi connectivity index (χ4n) is 1.62. The molecule has 0 aromatic carbocycles. The molecule has 1 heterocycles. The van der Waals surface area contributed by atoms with E-state index in [0.717, 1.165) is 0 Å². The monoisotopic (exact) mass is 269 g/mol. The van der Waals surface area contributed by atoms with Gasteiger partial charge in [0.25, 0.3) is 6.43 Å². The summed E-state index contributed by atoms with van der Waals surface area (Å²) in [6, 6.07) is 2.90. The molecule has 0 bridgehead atoms. The summed E-state index contributed by atoms with van der Waals surface area (Å²) in [6.07, 6.45) is -3.02. The minimum atomic E-state index is -2.84. The van der Waals surface area contributed by atoms with Gasteiger partial charge in [0.05, 0.1) is 24.3 Å². The highest BCUT2D eigenvalue weighted by atomic mass is 19.3. The van der Waals surface area contributed by atoms with E-state index in [0.29, 0.717) is 0 Å². The smallest absolute Gasteiger partial charge is 0.311 e. The Labute approximate surface area is 109 Å². The number of aromatic nitrogens is 1. The summed E-state index contributed by atoms with van der Waals surface area (Å²) in [6.45, 7) is 1.70. The molecule has 0 saturated carbocycles. The molecule has 5 nitrogen and oxygen atoms in total. The average molecular weight is 269 g/mol.